The Kier molecular flexibility index (Phi) is 3.82. The number of rotatable bonds is 4. The van der Waals surface area contributed by atoms with E-state index in [-0.39, 0.29) is 5.82 Å². The Morgan fingerprint density at radius 3 is 2.72 bits per heavy atom. The number of hydrogen-bond donors (Lipinski definition) is 1. The molecule has 0 atom stereocenters. The highest BCUT2D eigenvalue weighted by molar-refractivity contribution is 5.46. The number of ether oxygens (including phenoxy) is 1. The minimum Gasteiger partial charge on any atom is -0.490 e. The van der Waals surface area contributed by atoms with Gasteiger partial charge in [-0.25, -0.2) is 4.39 Å². The number of anilines is 1. The van der Waals surface area contributed by atoms with Gasteiger partial charge in [-0.15, -0.1) is 0 Å². The molecule has 0 heterocycles. The van der Waals surface area contributed by atoms with Gasteiger partial charge in [0, 0.05) is 12.1 Å². The van der Waals surface area contributed by atoms with Crippen LogP contribution < -0.4 is 10.5 Å². The summed E-state index contributed by atoms with van der Waals surface area (Å²) in [5.41, 5.74) is 8.56. The highest BCUT2D eigenvalue weighted by atomic mass is 19.1. The Hall–Kier alpha value is -2.03. The predicted octanol–water partition coefficient (Wildman–Crippen LogP) is 3.34. The van der Waals surface area contributed by atoms with E-state index in [1.165, 1.54) is 6.07 Å². The first kappa shape index (κ1) is 12.4. The van der Waals surface area contributed by atoms with Crippen LogP contribution in [0.4, 0.5) is 10.1 Å². The van der Waals surface area contributed by atoms with Gasteiger partial charge in [0.1, 0.15) is 0 Å². The van der Waals surface area contributed by atoms with E-state index in [4.69, 9.17) is 10.5 Å². The smallest absolute Gasteiger partial charge is 0.165 e. The molecule has 0 amide bonds. The van der Waals surface area contributed by atoms with Crippen molar-refractivity contribution in [1.82, 2.24) is 0 Å². The van der Waals surface area contributed by atoms with Crippen LogP contribution in [-0.4, -0.2) is 6.61 Å². The number of nitrogen functional groups attached to an aromatic ring is 1. The lowest BCUT2D eigenvalue weighted by Crippen LogP contribution is -2.04. The number of aryl methyl sites for hydroxylation is 1. The van der Waals surface area contributed by atoms with Gasteiger partial charge in [0.15, 0.2) is 11.6 Å². The van der Waals surface area contributed by atoms with Crippen LogP contribution in [0.15, 0.2) is 42.5 Å². The fourth-order valence-electron chi connectivity index (χ4n) is 1.75. The Balaban J connectivity index is 1.96. The van der Waals surface area contributed by atoms with Crippen molar-refractivity contribution in [2.45, 2.75) is 13.3 Å². The van der Waals surface area contributed by atoms with Crippen molar-refractivity contribution < 1.29 is 9.13 Å². The third-order valence-corrected chi connectivity index (χ3v) is 2.77. The molecule has 0 spiro atoms. The van der Waals surface area contributed by atoms with Crippen LogP contribution in [-0.2, 0) is 6.42 Å². The van der Waals surface area contributed by atoms with E-state index in [1.54, 1.807) is 12.1 Å². The molecular formula is C15H16FNO. The lowest BCUT2D eigenvalue weighted by atomic mass is 10.1. The topological polar surface area (TPSA) is 35.2 Å². The molecule has 2 aromatic carbocycles. The zero-order valence-electron chi connectivity index (χ0n) is 10.3. The van der Waals surface area contributed by atoms with Crippen LogP contribution in [0.5, 0.6) is 5.75 Å². The van der Waals surface area contributed by atoms with Crippen LogP contribution in [0.25, 0.3) is 0 Å². The van der Waals surface area contributed by atoms with Crippen molar-refractivity contribution in [3.05, 3.63) is 59.4 Å². The third-order valence-electron chi connectivity index (χ3n) is 2.77. The van der Waals surface area contributed by atoms with E-state index < -0.39 is 0 Å². The van der Waals surface area contributed by atoms with E-state index in [9.17, 15) is 4.39 Å². The van der Waals surface area contributed by atoms with Crippen LogP contribution in [0.2, 0.25) is 0 Å². The van der Waals surface area contributed by atoms with Gasteiger partial charge in [-0.1, -0.05) is 24.3 Å². The molecule has 3 heteroatoms. The molecule has 0 bridgehead atoms. The summed E-state index contributed by atoms with van der Waals surface area (Å²) in [5.74, 6) is -0.0360. The maximum atomic E-state index is 13.4. The lowest BCUT2D eigenvalue weighted by Gasteiger charge is -2.09. The lowest BCUT2D eigenvalue weighted by molar-refractivity contribution is 0.305. The highest BCUT2D eigenvalue weighted by Gasteiger charge is 2.04. The Morgan fingerprint density at radius 1 is 1.17 bits per heavy atom. The minimum atomic E-state index is -0.332. The van der Waals surface area contributed by atoms with Crippen molar-refractivity contribution in [3.63, 3.8) is 0 Å². The summed E-state index contributed by atoms with van der Waals surface area (Å²) in [7, 11) is 0. The monoisotopic (exact) mass is 245 g/mol. The standard InChI is InChI=1S/C15H16FNO/c1-11-6-7-13(16)15(10-11)18-9-8-12-4-2-3-5-14(12)17/h2-7,10H,8-9,17H2,1H3. The van der Waals surface area contributed by atoms with Crippen molar-refractivity contribution >= 4 is 5.69 Å². The largest absolute Gasteiger partial charge is 0.490 e. The summed E-state index contributed by atoms with van der Waals surface area (Å²) in [5, 5.41) is 0. The van der Waals surface area contributed by atoms with Gasteiger partial charge in [-0.3, -0.25) is 0 Å². The van der Waals surface area contributed by atoms with Crippen molar-refractivity contribution in [3.8, 4) is 5.75 Å². The molecule has 0 saturated heterocycles. The summed E-state index contributed by atoms with van der Waals surface area (Å²) < 4.78 is 18.9. The SMILES string of the molecule is Cc1ccc(F)c(OCCc2ccccc2N)c1. The molecule has 0 aliphatic heterocycles. The first-order valence-corrected chi connectivity index (χ1v) is 5.89. The molecule has 2 aromatic rings. The van der Waals surface area contributed by atoms with E-state index >= 15 is 0 Å². The van der Waals surface area contributed by atoms with E-state index in [0.29, 0.717) is 18.8 Å². The van der Waals surface area contributed by atoms with Gasteiger partial charge in [-0.2, -0.15) is 0 Å². The number of halogens is 1. The van der Waals surface area contributed by atoms with Crippen molar-refractivity contribution in [2.24, 2.45) is 0 Å². The fraction of sp³-hybridized carbons (Fsp3) is 0.200. The van der Waals surface area contributed by atoms with Crippen LogP contribution >= 0.6 is 0 Å². The average Bonchev–Trinajstić information content (AvgIpc) is 2.36. The molecule has 0 saturated carbocycles. The second-order valence-electron chi connectivity index (χ2n) is 4.23. The molecule has 0 unspecified atom stereocenters. The first-order chi connectivity index (χ1) is 8.66. The molecule has 2 rings (SSSR count). The molecule has 0 aliphatic rings. The Labute approximate surface area is 106 Å². The molecule has 2 nitrogen and oxygen atoms in total. The minimum absolute atomic E-state index is 0.296. The van der Waals surface area contributed by atoms with Gasteiger partial charge < -0.3 is 10.5 Å². The molecule has 94 valence electrons. The van der Waals surface area contributed by atoms with Crippen molar-refractivity contribution in [1.29, 1.82) is 0 Å². The van der Waals surface area contributed by atoms with Crippen LogP contribution in [0.1, 0.15) is 11.1 Å². The molecule has 0 aliphatic carbocycles. The molecule has 0 radical (unpaired) electrons. The first-order valence-electron chi connectivity index (χ1n) is 5.89. The van der Waals surface area contributed by atoms with Gasteiger partial charge in [0.25, 0.3) is 0 Å². The molecule has 18 heavy (non-hydrogen) atoms. The number of hydrogen-bond acceptors (Lipinski definition) is 2. The van der Waals surface area contributed by atoms with Gasteiger partial charge in [0.2, 0.25) is 0 Å². The fourth-order valence-corrected chi connectivity index (χ4v) is 1.75. The summed E-state index contributed by atoms with van der Waals surface area (Å²) in [6, 6.07) is 12.5. The molecule has 0 aromatic heterocycles. The molecule has 2 N–H and O–H groups in total. The second kappa shape index (κ2) is 5.54. The average molecular weight is 245 g/mol. The quantitative estimate of drug-likeness (QED) is 0.838. The summed E-state index contributed by atoms with van der Waals surface area (Å²) in [4.78, 5) is 0. The molecular weight excluding hydrogens is 229 g/mol. The van der Waals surface area contributed by atoms with Crippen LogP contribution in [0, 0.1) is 12.7 Å². The predicted molar refractivity (Wildman–Crippen MR) is 71.2 cm³/mol. The van der Waals surface area contributed by atoms with Crippen molar-refractivity contribution in [2.75, 3.05) is 12.3 Å². The maximum absolute atomic E-state index is 13.4. The highest BCUT2D eigenvalue weighted by Crippen LogP contribution is 2.19. The Morgan fingerprint density at radius 2 is 1.94 bits per heavy atom. The van der Waals surface area contributed by atoms with Crippen LogP contribution in [0.3, 0.4) is 0 Å². The summed E-state index contributed by atoms with van der Waals surface area (Å²) in [6.07, 6.45) is 0.667. The summed E-state index contributed by atoms with van der Waals surface area (Å²) in [6.45, 7) is 2.32. The second-order valence-corrected chi connectivity index (χ2v) is 4.23. The van der Waals surface area contributed by atoms with E-state index in [1.807, 2.05) is 31.2 Å². The van der Waals surface area contributed by atoms with Gasteiger partial charge in [0.05, 0.1) is 6.61 Å². The normalized spacial score (nSPS) is 10.3. The third kappa shape index (κ3) is 3.00. The zero-order valence-corrected chi connectivity index (χ0v) is 10.3. The van der Waals surface area contributed by atoms with Gasteiger partial charge in [-0.05, 0) is 36.2 Å². The summed E-state index contributed by atoms with van der Waals surface area (Å²) >= 11 is 0. The van der Waals surface area contributed by atoms with E-state index in [2.05, 4.69) is 0 Å². The maximum Gasteiger partial charge on any atom is 0.165 e. The molecule has 0 fully saturated rings. The zero-order chi connectivity index (χ0) is 13.0. The number of para-hydroxylation sites is 1. The number of nitrogens with two attached hydrogens (primary N) is 1. The van der Waals surface area contributed by atoms with E-state index in [0.717, 1.165) is 16.8 Å². The number of benzene rings is 2. The Bertz CT molecular complexity index is 540. The van der Waals surface area contributed by atoms with Gasteiger partial charge >= 0.3 is 0 Å².